The lowest BCUT2D eigenvalue weighted by atomic mass is 9.75. The van der Waals surface area contributed by atoms with E-state index in [9.17, 15) is 13.2 Å². The molecule has 1 heterocycles. The Morgan fingerprint density at radius 2 is 1.65 bits per heavy atom. The second-order valence-corrected chi connectivity index (χ2v) is 9.39. The Morgan fingerprint density at radius 1 is 1.00 bits per heavy atom. The van der Waals surface area contributed by atoms with E-state index in [1.54, 1.807) is 24.3 Å². The van der Waals surface area contributed by atoms with Crippen molar-refractivity contribution < 1.29 is 17.9 Å². The van der Waals surface area contributed by atoms with Gasteiger partial charge in [-0.25, -0.2) is 13.2 Å². The highest BCUT2D eigenvalue weighted by atomic mass is 32.2. The van der Waals surface area contributed by atoms with E-state index >= 15 is 0 Å². The van der Waals surface area contributed by atoms with Gasteiger partial charge in [0.2, 0.25) is 0 Å². The second kappa shape index (κ2) is 6.40. The van der Waals surface area contributed by atoms with Crippen LogP contribution in [0.1, 0.15) is 30.5 Å². The van der Waals surface area contributed by atoms with Crippen molar-refractivity contribution in [3.8, 4) is 0 Å². The standard InChI is InChI=1S/C21H22O4S/c1-14-6-5-7-16(12-14)18-19(21(2,3)13-25-20(18)22)15-8-10-17(11-9-15)26(4,23)24/h5-12H,13H2,1-4H3. The first-order chi connectivity index (χ1) is 12.1. The van der Waals surface area contributed by atoms with E-state index in [1.165, 1.54) is 6.26 Å². The van der Waals surface area contributed by atoms with E-state index < -0.39 is 9.84 Å². The summed E-state index contributed by atoms with van der Waals surface area (Å²) in [6.45, 7) is 6.30. The van der Waals surface area contributed by atoms with E-state index in [0.29, 0.717) is 5.57 Å². The monoisotopic (exact) mass is 370 g/mol. The third kappa shape index (κ3) is 3.44. The van der Waals surface area contributed by atoms with Gasteiger partial charge in [-0.1, -0.05) is 55.8 Å². The molecule has 0 unspecified atom stereocenters. The van der Waals surface area contributed by atoms with Gasteiger partial charge in [0.15, 0.2) is 9.84 Å². The van der Waals surface area contributed by atoms with Crippen molar-refractivity contribution >= 4 is 27.0 Å². The summed E-state index contributed by atoms with van der Waals surface area (Å²) in [5.74, 6) is -0.350. The van der Waals surface area contributed by atoms with Gasteiger partial charge in [0.1, 0.15) is 6.61 Å². The lowest BCUT2D eigenvalue weighted by molar-refractivity contribution is -0.139. The van der Waals surface area contributed by atoms with E-state index in [-0.39, 0.29) is 22.9 Å². The van der Waals surface area contributed by atoms with Crippen molar-refractivity contribution in [1.82, 2.24) is 0 Å². The summed E-state index contributed by atoms with van der Waals surface area (Å²) in [4.78, 5) is 12.9. The molecule has 2 aromatic carbocycles. The lowest BCUT2D eigenvalue weighted by Crippen LogP contribution is -2.31. The molecule has 26 heavy (non-hydrogen) atoms. The van der Waals surface area contributed by atoms with Crippen LogP contribution in [0.25, 0.3) is 11.1 Å². The predicted molar refractivity (Wildman–Crippen MR) is 102 cm³/mol. The Morgan fingerprint density at radius 3 is 2.23 bits per heavy atom. The third-order valence-corrected chi connectivity index (χ3v) is 5.70. The van der Waals surface area contributed by atoms with Crippen molar-refractivity contribution in [3.63, 3.8) is 0 Å². The molecule has 2 aromatic rings. The number of hydrogen-bond donors (Lipinski definition) is 0. The average Bonchev–Trinajstić information content (AvgIpc) is 2.56. The number of carbonyl (C=O) groups is 1. The summed E-state index contributed by atoms with van der Waals surface area (Å²) >= 11 is 0. The normalized spacial score (nSPS) is 17.2. The molecular weight excluding hydrogens is 348 g/mol. The van der Waals surface area contributed by atoms with Gasteiger partial charge in [-0.15, -0.1) is 0 Å². The fourth-order valence-corrected chi connectivity index (χ4v) is 3.93. The number of rotatable bonds is 3. The van der Waals surface area contributed by atoms with Crippen LogP contribution in [0.5, 0.6) is 0 Å². The summed E-state index contributed by atoms with van der Waals surface area (Å²) < 4.78 is 28.9. The topological polar surface area (TPSA) is 60.4 Å². The number of carbonyl (C=O) groups excluding carboxylic acids is 1. The predicted octanol–water partition coefficient (Wildman–Crippen LogP) is 3.89. The summed E-state index contributed by atoms with van der Waals surface area (Å²) in [5, 5.41) is 0. The van der Waals surface area contributed by atoms with Crippen molar-refractivity contribution in [1.29, 1.82) is 0 Å². The molecule has 0 bridgehead atoms. The molecule has 0 amide bonds. The summed E-state index contributed by atoms with van der Waals surface area (Å²) in [5.41, 5.74) is 3.72. The van der Waals surface area contributed by atoms with Crippen LogP contribution < -0.4 is 0 Å². The minimum absolute atomic E-state index is 0.259. The molecule has 1 aliphatic rings. The highest BCUT2D eigenvalue weighted by molar-refractivity contribution is 7.90. The number of aryl methyl sites for hydroxylation is 1. The minimum Gasteiger partial charge on any atom is -0.461 e. The van der Waals surface area contributed by atoms with Crippen LogP contribution in [0.3, 0.4) is 0 Å². The molecular formula is C21H22O4S. The maximum absolute atomic E-state index is 12.6. The van der Waals surface area contributed by atoms with Gasteiger partial charge in [-0.2, -0.15) is 0 Å². The summed E-state index contributed by atoms with van der Waals surface area (Å²) in [6.07, 6.45) is 1.18. The largest absolute Gasteiger partial charge is 0.461 e. The Hall–Kier alpha value is -2.40. The van der Waals surface area contributed by atoms with Crippen LogP contribution in [0, 0.1) is 12.3 Å². The lowest BCUT2D eigenvalue weighted by Gasteiger charge is -2.34. The number of esters is 1. The first-order valence-electron chi connectivity index (χ1n) is 8.39. The fourth-order valence-electron chi connectivity index (χ4n) is 3.30. The number of benzene rings is 2. The first-order valence-corrected chi connectivity index (χ1v) is 10.3. The molecule has 0 aromatic heterocycles. The first kappa shape index (κ1) is 18.4. The maximum Gasteiger partial charge on any atom is 0.339 e. The van der Waals surface area contributed by atoms with E-state index in [1.807, 2.05) is 45.0 Å². The van der Waals surface area contributed by atoms with Crippen LogP contribution in [-0.2, 0) is 19.4 Å². The van der Waals surface area contributed by atoms with Gasteiger partial charge in [-0.05, 0) is 35.8 Å². The van der Waals surface area contributed by atoms with Crippen LogP contribution >= 0.6 is 0 Å². The quantitative estimate of drug-likeness (QED) is 0.769. The number of hydrogen-bond acceptors (Lipinski definition) is 4. The Kier molecular flexibility index (Phi) is 4.53. The second-order valence-electron chi connectivity index (χ2n) is 7.38. The van der Waals surface area contributed by atoms with Gasteiger partial charge < -0.3 is 4.74 Å². The molecule has 136 valence electrons. The van der Waals surface area contributed by atoms with Crippen LogP contribution in [0.15, 0.2) is 53.4 Å². The van der Waals surface area contributed by atoms with Gasteiger partial charge in [0.25, 0.3) is 0 Å². The van der Waals surface area contributed by atoms with Crippen LogP contribution in [0.2, 0.25) is 0 Å². The van der Waals surface area contributed by atoms with Gasteiger partial charge in [0, 0.05) is 11.7 Å². The fraction of sp³-hybridized carbons (Fsp3) is 0.286. The van der Waals surface area contributed by atoms with E-state index in [2.05, 4.69) is 0 Å². The minimum atomic E-state index is -3.27. The van der Waals surface area contributed by atoms with Crippen molar-refractivity contribution in [3.05, 3.63) is 65.2 Å². The van der Waals surface area contributed by atoms with Crippen molar-refractivity contribution in [2.24, 2.45) is 5.41 Å². The number of sulfone groups is 1. The maximum atomic E-state index is 12.6. The average molecular weight is 370 g/mol. The molecule has 0 atom stereocenters. The van der Waals surface area contributed by atoms with Gasteiger partial charge >= 0.3 is 5.97 Å². The van der Waals surface area contributed by atoms with Crippen molar-refractivity contribution in [2.45, 2.75) is 25.7 Å². The van der Waals surface area contributed by atoms with Crippen LogP contribution in [0.4, 0.5) is 0 Å². The molecule has 0 N–H and O–H groups in total. The molecule has 0 spiro atoms. The molecule has 4 nitrogen and oxygen atoms in total. The zero-order valence-electron chi connectivity index (χ0n) is 15.4. The molecule has 0 saturated carbocycles. The Labute approximate surface area is 154 Å². The molecule has 3 rings (SSSR count). The molecule has 1 aliphatic heterocycles. The third-order valence-electron chi connectivity index (χ3n) is 4.57. The molecule has 0 aliphatic carbocycles. The Balaban J connectivity index is 2.26. The summed E-state index contributed by atoms with van der Waals surface area (Å²) in [7, 11) is -3.27. The number of cyclic esters (lactones) is 1. The molecule has 0 saturated heterocycles. The van der Waals surface area contributed by atoms with Gasteiger partial charge in [-0.3, -0.25) is 0 Å². The molecule has 0 radical (unpaired) electrons. The smallest absolute Gasteiger partial charge is 0.339 e. The Bertz CT molecular complexity index is 997. The molecule has 5 heteroatoms. The molecule has 0 fully saturated rings. The highest BCUT2D eigenvalue weighted by Gasteiger charge is 2.37. The SMILES string of the molecule is Cc1cccc(C2=C(c3ccc(S(C)(=O)=O)cc3)C(C)(C)COC2=O)c1. The van der Waals surface area contributed by atoms with Gasteiger partial charge in [0.05, 0.1) is 10.5 Å². The van der Waals surface area contributed by atoms with Crippen LogP contribution in [-0.4, -0.2) is 27.2 Å². The zero-order chi connectivity index (χ0) is 19.1. The highest BCUT2D eigenvalue weighted by Crippen LogP contribution is 2.44. The van der Waals surface area contributed by atoms with E-state index in [4.69, 9.17) is 4.74 Å². The number of ether oxygens (including phenoxy) is 1. The van der Waals surface area contributed by atoms with E-state index in [0.717, 1.165) is 22.3 Å². The van der Waals surface area contributed by atoms with Crippen molar-refractivity contribution in [2.75, 3.05) is 12.9 Å². The zero-order valence-corrected chi connectivity index (χ0v) is 16.2. The summed E-state index contributed by atoms with van der Waals surface area (Å²) in [6, 6.07) is 14.5.